The van der Waals surface area contributed by atoms with Gasteiger partial charge in [-0.1, -0.05) is 17.3 Å². The van der Waals surface area contributed by atoms with E-state index in [1.54, 1.807) is 23.0 Å². The highest BCUT2D eigenvalue weighted by molar-refractivity contribution is 7.89. The zero-order chi connectivity index (χ0) is 23.4. The first-order valence-corrected chi connectivity index (χ1v) is 12.0. The van der Waals surface area contributed by atoms with Crippen molar-refractivity contribution in [2.24, 2.45) is 0 Å². The minimum absolute atomic E-state index is 0.0528. The molecule has 33 heavy (non-hydrogen) atoms. The number of aliphatic hydroxyl groups is 1. The van der Waals surface area contributed by atoms with Crippen molar-refractivity contribution in [3.8, 4) is 11.3 Å². The second-order valence-corrected chi connectivity index (χ2v) is 9.62. The van der Waals surface area contributed by atoms with Gasteiger partial charge in [-0.05, 0) is 55.7 Å². The molecule has 0 bridgehead atoms. The maximum atomic E-state index is 13.4. The van der Waals surface area contributed by atoms with Crippen molar-refractivity contribution in [1.82, 2.24) is 19.7 Å². The first-order valence-electron chi connectivity index (χ1n) is 10.5. The van der Waals surface area contributed by atoms with E-state index in [1.807, 2.05) is 0 Å². The summed E-state index contributed by atoms with van der Waals surface area (Å²) >= 11 is 0. The van der Waals surface area contributed by atoms with Gasteiger partial charge in [0.25, 0.3) is 0 Å². The van der Waals surface area contributed by atoms with Crippen LogP contribution in [0.2, 0.25) is 0 Å². The molecule has 0 amide bonds. The lowest BCUT2D eigenvalue weighted by Crippen LogP contribution is -2.50. The zero-order valence-corrected chi connectivity index (χ0v) is 18.5. The van der Waals surface area contributed by atoms with E-state index in [4.69, 9.17) is 4.74 Å². The molecule has 1 fully saturated rings. The Balaban J connectivity index is 1.33. The Morgan fingerprint density at radius 2 is 1.91 bits per heavy atom. The fourth-order valence-corrected chi connectivity index (χ4v) is 5.12. The Labute approximate surface area is 190 Å². The molecule has 2 heterocycles. The number of nitrogens with zero attached hydrogens (tertiary/aromatic N) is 3. The van der Waals surface area contributed by atoms with Gasteiger partial charge in [0.05, 0.1) is 35.9 Å². The van der Waals surface area contributed by atoms with Crippen LogP contribution in [0.3, 0.4) is 0 Å². The van der Waals surface area contributed by atoms with Crippen molar-refractivity contribution in [2.75, 3.05) is 6.61 Å². The van der Waals surface area contributed by atoms with Crippen LogP contribution < -0.4 is 4.72 Å². The Bertz CT molecular complexity index is 1190. The predicted octanol–water partition coefficient (Wildman–Crippen LogP) is 2.50. The van der Waals surface area contributed by atoms with E-state index < -0.39 is 28.0 Å². The fraction of sp³-hybridized carbons (Fsp3) is 0.364. The third kappa shape index (κ3) is 5.80. The Kier molecular flexibility index (Phi) is 7.13. The number of halogens is 2. The molecule has 3 aromatic rings. The SMILES string of the molecule is O=S(=O)(N[C@H]1CC[C@H](CCn2cc(-c3cccc(F)c3)nn2)O[C@@H]1CO)c1ccc(F)cc1. The number of hydrogen-bond donors (Lipinski definition) is 2. The lowest BCUT2D eigenvalue weighted by Gasteiger charge is -2.36. The van der Waals surface area contributed by atoms with Crippen LogP contribution in [-0.2, 0) is 21.3 Å². The molecule has 2 N–H and O–H groups in total. The van der Waals surface area contributed by atoms with E-state index in [-0.39, 0.29) is 23.4 Å². The second kappa shape index (κ2) is 10.0. The highest BCUT2D eigenvalue weighted by Gasteiger charge is 2.34. The Hall–Kier alpha value is -2.73. The predicted molar refractivity (Wildman–Crippen MR) is 116 cm³/mol. The number of nitrogens with one attached hydrogen (secondary N) is 1. The molecule has 0 saturated carbocycles. The van der Waals surface area contributed by atoms with E-state index in [0.717, 1.165) is 12.1 Å². The maximum absolute atomic E-state index is 13.4. The first kappa shape index (κ1) is 23.4. The zero-order valence-electron chi connectivity index (χ0n) is 17.6. The summed E-state index contributed by atoms with van der Waals surface area (Å²) in [5, 5.41) is 17.9. The minimum atomic E-state index is -3.88. The van der Waals surface area contributed by atoms with E-state index >= 15 is 0 Å². The number of benzene rings is 2. The van der Waals surface area contributed by atoms with Gasteiger partial charge in [0.1, 0.15) is 17.3 Å². The number of ether oxygens (including phenoxy) is 1. The summed E-state index contributed by atoms with van der Waals surface area (Å²) in [6.07, 6.45) is 2.45. The number of sulfonamides is 1. The molecule has 0 unspecified atom stereocenters. The summed E-state index contributed by atoms with van der Waals surface area (Å²) in [5.74, 6) is -0.876. The van der Waals surface area contributed by atoms with Crippen molar-refractivity contribution in [3.63, 3.8) is 0 Å². The third-order valence-electron chi connectivity index (χ3n) is 5.57. The molecule has 2 aromatic carbocycles. The van der Waals surface area contributed by atoms with Crippen LogP contribution in [0.5, 0.6) is 0 Å². The van der Waals surface area contributed by atoms with Gasteiger partial charge in [-0.15, -0.1) is 5.10 Å². The average molecular weight is 479 g/mol. The molecular weight excluding hydrogens is 454 g/mol. The quantitative estimate of drug-likeness (QED) is 0.515. The van der Waals surface area contributed by atoms with Gasteiger partial charge < -0.3 is 9.84 Å². The Morgan fingerprint density at radius 1 is 1.12 bits per heavy atom. The molecule has 0 spiro atoms. The van der Waals surface area contributed by atoms with Crippen LogP contribution in [0.25, 0.3) is 11.3 Å². The highest BCUT2D eigenvalue weighted by atomic mass is 32.2. The van der Waals surface area contributed by atoms with Crippen LogP contribution in [0.4, 0.5) is 8.78 Å². The second-order valence-electron chi connectivity index (χ2n) is 7.90. The minimum Gasteiger partial charge on any atom is -0.394 e. The molecule has 0 aliphatic carbocycles. The molecule has 1 saturated heterocycles. The van der Waals surface area contributed by atoms with Crippen LogP contribution in [0.1, 0.15) is 19.3 Å². The normalized spacial score (nSPS) is 21.2. The molecule has 176 valence electrons. The van der Waals surface area contributed by atoms with E-state index in [1.165, 1.54) is 24.3 Å². The summed E-state index contributed by atoms with van der Waals surface area (Å²) in [6, 6.07) is 10.0. The van der Waals surface area contributed by atoms with Crippen LogP contribution in [-0.4, -0.2) is 53.4 Å². The van der Waals surface area contributed by atoms with E-state index in [0.29, 0.717) is 37.1 Å². The van der Waals surface area contributed by atoms with Crippen molar-refractivity contribution >= 4 is 10.0 Å². The lowest BCUT2D eigenvalue weighted by molar-refractivity contribution is -0.0891. The first-order chi connectivity index (χ1) is 15.8. The summed E-state index contributed by atoms with van der Waals surface area (Å²) in [4.78, 5) is -0.0528. The van der Waals surface area contributed by atoms with Gasteiger partial charge in [-0.2, -0.15) is 0 Å². The van der Waals surface area contributed by atoms with Crippen molar-refractivity contribution < 1.29 is 27.0 Å². The Morgan fingerprint density at radius 3 is 2.64 bits per heavy atom. The molecule has 0 radical (unpaired) electrons. The van der Waals surface area contributed by atoms with E-state index in [9.17, 15) is 22.3 Å². The molecule has 1 aromatic heterocycles. The molecule has 8 nitrogen and oxygen atoms in total. The molecule has 11 heteroatoms. The smallest absolute Gasteiger partial charge is 0.240 e. The van der Waals surface area contributed by atoms with Crippen molar-refractivity contribution in [3.05, 3.63) is 66.4 Å². The standard InChI is InChI=1S/C22H24F2N4O4S/c23-16-4-7-19(8-5-16)33(30,31)26-20-9-6-18(32-22(20)14-29)10-11-28-13-21(25-27-28)15-2-1-3-17(24)12-15/h1-5,7-8,12-13,18,20,22,26,29H,6,9-11,14H2/t18-,20+,22-/m1/s1. The molecule has 1 aliphatic heterocycles. The maximum Gasteiger partial charge on any atom is 0.240 e. The van der Waals surface area contributed by atoms with Crippen LogP contribution in [0, 0.1) is 11.6 Å². The summed E-state index contributed by atoms with van der Waals surface area (Å²) in [6.45, 7) is 0.150. The van der Waals surface area contributed by atoms with Gasteiger partial charge in [0.2, 0.25) is 10.0 Å². The molecule has 3 atom stereocenters. The van der Waals surface area contributed by atoms with Crippen molar-refractivity contribution in [1.29, 1.82) is 0 Å². The largest absolute Gasteiger partial charge is 0.394 e. The van der Waals surface area contributed by atoms with Gasteiger partial charge in [0, 0.05) is 12.1 Å². The fourth-order valence-electron chi connectivity index (χ4n) is 3.82. The third-order valence-corrected chi connectivity index (χ3v) is 7.07. The van der Waals surface area contributed by atoms with Crippen LogP contribution in [0.15, 0.2) is 59.6 Å². The number of hydrogen-bond acceptors (Lipinski definition) is 6. The van der Waals surface area contributed by atoms with E-state index in [2.05, 4.69) is 15.0 Å². The molecular formula is C22H24F2N4O4S. The van der Waals surface area contributed by atoms with Gasteiger partial charge in [0.15, 0.2) is 0 Å². The molecule has 4 rings (SSSR count). The van der Waals surface area contributed by atoms with Crippen LogP contribution >= 0.6 is 0 Å². The van der Waals surface area contributed by atoms with Gasteiger partial charge in [-0.3, -0.25) is 4.68 Å². The van der Waals surface area contributed by atoms with Crippen molar-refractivity contribution in [2.45, 2.75) is 49.0 Å². The summed E-state index contributed by atoms with van der Waals surface area (Å²) < 4.78 is 61.8. The number of rotatable bonds is 8. The molecule has 1 aliphatic rings. The van der Waals surface area contributed by atoms with Gasteiger partial charge >= 0.3 is 0 Å². The highest BCUT2D eigenvalue weighted by Crippen LogP contribution is 2.24. The monoisotopic (exact) mass is 478 g/mol. The number of aliphatic hydroxyl groups excluding tert-OH is 1. The van der Waals surface area contributed by atoms with Gasteiger partial charge in [-0.25, -0.2) is 21.9 Å². The summed E-state index contributed by atoms with van der Waals surface area (Å²) in [5.41, 5.74) is 1.19. The summed E-state index contributed by atoms with van der Waals surface area (Å²) in [7, 11) is -3.88. The average Bonchev–Trinajstić information content (AvgIpc) is 3.28. The topological polar surface area (TPSA) is 106 Å². The number of aromatic nitrogens is 3. The number of aryl methyl sites for hydroxylation is 1. The lowest BCUT2D eigenvalue weighted by atomic mass is 9.98.